The van der Waals surface area contributed by atoms with E-state index in [0.717, 1.165) is 4.47 Å². The molecule has 15 heavy (non-hydrogen) atoms. The summed E-state index contributed by atoms with van der Waals surface area (Å²) in [7, 11) is 1.42. The van der Waals surface area contributed by atoms with Crippen LogP contribution >= 0.6 is 27.3 Å². The van der Waals surface area contributed by atoms with Crippen molar-refractivity contribution in [1.29, 1.82) is 0 Å². The number of carbonyl (C=O) groups excluding carboxylic acids is 1. The number of carboxylic acids is 1. The lowest BCUT2D eigenvalue weighted by molar-refractivity contribution is -0.142. The SMILES string of the molecule is CNC(C(=O)O)C(=O)Nc1cc(Br)cs1. The lowest BCUT2D eigenvalue weighted by Gasteiger charge is -2.09. The maximum atomic E-state index is 11.4. The molecule has 1 unspecified atom stereocenters. The molecule has 0 aliphatic carbocycles. The predicted molar refractivity (Wildman–Crippen MR) is 61.1 cm³/mol. The largest absolute Gasteiger partial charge is 0.480 e. The molecule has 1 aromatic heterocycles. The molecule has 1 aromatic rings. The number of halogens is 1. The number of thiophene rings is 1. The molecule has 3 N–H and O–H groups in total. The van der Waals surface area contributed by atoms with E-state index in [1.807, 2.05) is 0 Å². The number of hydrogen-bond donors (Lipinski definition) is 3. The minimum absolute atomic E-state index is 0.584. The van der Waals surface area contributed by atoms with Crippen LogP contribution in [0, 0.1) is 0 Å². The van der Waals surface area contributed by atoms with Crippen LogP contribution in [0.3, 0.4) is 0 Å². The normalized spacial score (nSPS) is 12.1. The molecule has 82 valence electrons. The van der Waals surface area contributed by atoms with E-state index in [0.29, 0.717) is 5.00 Å². The van der Waals surface area contributed by atoms with E-state index in [9.17, 15) is 9.59 Å². The van der Waals surface area contributed by atoms with E-state index >= 15 is 0 Å². The summed E-state index contributed by atoms with van der Waals surface area (Å²) in [6.07, 6.45) is 0. The molecule has 1 atom stereocenters. The highest BCUT2D eigenvalue weighted by atomic mass is 79.9. The highest BCUT2D eigenvalue weighted by Gasteiger charge is 2.24. The number of rotatable bonds is 4. The molecule has 0 saturated heterocycles. The van der Waals surface area contributed by atoms with Crippen molar-refractivity contribution in [2.24, 2.45) is 0 Å². The highest BCUT2D eigenvalue weighted by molar-refractivity contribution is 9.10. The van der Waals surface area contributed by atoms with Gasteiger partial charge in [-0.25, -0.2) is 4.79 Å². The number of hydrogen-bond acceptors (Lipinski definition) is 4. The Balaban J connectivity index is 2.66. The maximum absolute atomic E-state index is 11.4. The second-order valence-corrected chi connectivity index (χ2v) is 4.51. The number of anilines is 1. The molecule has 0 aliphatic heterocycles. The van der Waals surface area contributed by atoms with Gasteiger partial charge in [0.1, 0.15) is 0 Å². The van der Waals surface area contributed by atoms with E-state index in [4.69, 9.17) is 5.11 Å². The monoisotopic (exact) mass is 292 g/mol. The zero-order valence-corrected chi connectivity index (χ0v) is 10.2. The summed E-state index contributed by atoms with van der Waals surface area (Å²) in [6, 6.07) is 0.475. The molecule has 1 rings (SSSR count). The van der Waals surface area contributed by atoms with Crippen molar-refractivity contribution < 1.29 is 14.7 Å². The van der Waals surface area contributed by atoms with Crippen LogP contribution in [0.15, 0.2) is 15.9 Å². The summed E-state index contributed by atoms with van der Waals surface area (Å²) in [4.78, 5) is 22.1. The van der Waals surface area contributed by atoms with Gasteiger partial charge >= 0.3 is 5.97 Å². The van der Waals surface area contributed by atoms with Gasteiger partial charge in [-0.3, -0.25) is 10.1 Å². The first-order chi connectivity index (χ1) is 7.04. The van der Waals surface area contributed by atoms with Crippen molar-refractivity contribution in [1.82, 2.24) is 5.32 Å². The Kier molecular flexibility index (Phi) is 4.25. The summed E-state index contributed by atoms with van der Waals surface area (Å²) in [5.41, 5.74) is 0. The van der Waals surface area contributed by atoms with Crippen molar-refractivity contribution in [2.45, 2.75) is 6.04 Å². The standard InChI is InChI=1S/C8H9BrN2O3S/c1-10-6(8(13)14)7(12)11-5-2-4(9)3-15-5/h2-3,6,10H,1H3,(H,11,12)(H,13,14). The van der Waals surface area contributed by atoms with Crippen LogP contribution < -0.4 is 10.6 Å². The lowest BCUT2D eigenvalue weighted by Crippen LogP contribution is -2.44. The van der Waals surface area contributed by atoms with Crippen LogP contribution in [0.4, 0.5) is 5.00 Å². The summed E-state index contributed by atoms with van der Waals surface area (Å²) in [5.74, 6) is -1.79. The van der Waals surface area contributed by atoms with Crippen LogP contribution in [-0.2, 0) is 9.59 Å². The third-order valence-electron chi connectivity index (χ3n) is 1.61. The molecule has 5 nitrogen and oxygen atoms in total. The first-order valence-electron chi connectivity index (χ1n) is 3.99. The van der Waals surface area contributed by atoms with E-state index in [1.165, 1.54) is 18.4 Å². The topological polar surface area (TPSA) is 78.4 Å². The number of carboxylic acid groups (broad SMARTS) is 1. The van der Waals surface area contributed by atoms with Crippen molar-refractivity contribution >= 4 is 44.1 Å². The summed E-state index contributed by atoms with van der Waals surface area (Å²) in [5, 5.41) is 16.0. The van der Waals surface area contributed by atoms with Crippen LogP contribution in [0.25, 0.3) is 0 Å². The molecular weight excluding hydrogens is 284 g/mol. The summed E-state index contributed by atoms with van der Waals surface area (Å²) >= 11 is 4.55. The molecular formula is C8H9BrN2O3S. The van der Waals surface area contributed by atoms with E-state index in [1.54, 1.807) is 11.4 Å². The van der Waals surface area contributed by atoms with Gasteiger partial charge in [-0.05, 0) is 29.0 Å². The third-order valence-corrected chi connectivity index (χ3v) is 3.22. The fraction of sp³-hybridized carbons (Fsp3) is 0.250. The number of aliphatic carboxylic acids is 1. The molecule has 0 aliphatic rings. The van der Waals surface area contributed by atoms with Crippen LogP contribution in [0.2, 0.25) is 0 Å². The van der Waals surface area contributed by atoms with Gasteiger partial charge in [0.2, 0.25) is 0 Å². The second kappa shape index (κ2) is 5.24. The lowest BCUT2D eigenvalue weighted by atomic mass is 10.3. The number of nitrogens with one attached hydrogen (secondary N) is 2. The molecule has 0 aromatic carbocycles. The Morgan fingerprint density at radius 3 is 2.67 bits per heavy atom. The molecule has 0 bridgehead atoms. The van der Waals surface area contributed by atoms with Gasteiger partial charge in [0.25, 0.3) is 5.91 Å². The average molecular weight is 293 g/mol. The van der Waals surface area contributed by atoms with Gasteiger partial charge in [0, 0.05) is 9.85 Å². The minimum atomic E-state index is -1.23. The van der Waals surface area contributed by atoms with Crippen LogP contribution in [0.1, 0.15) is 0 Å². The maximum Gasteiger partial charge on any atom is 0.330 e. The summed E-state index contributed by atoms with van der Waals surface area (Å²) < 4.78 is 0.846. The fourth-order valence-electron chi connectivity index (χ4n) is 0.939. The first-order valence-corrected chi connectivity index (χ1v) is 5.67. The highest BCUT2D eigenvalue weighted by Crippen LogP contribution is 2.24. The van der Waals surface area contributed by atoms with Gasteiger partial charge in [-0.15, -0.1) is 11.3 Å². The van der Waals surface area contributed by atoms with Gasteiger partial charge in [-0.1, -0.05) is 0 Å². The molecule has 7 heteroatoms. The molecule has 1 heterocycles. The predicted octanol–water partition coefficient (Wildman–Crippen LogP) is 1.12. The Morgan fingerprint density at radius 2 is 2.27 bits per heavy atom. The van der Waals surface area contributed by atoms with Crippen LogP contribution in [-0.4, -0.2) is 30.1 Å². The quantitative estimate of drug-likeness (QED) is 0.727. The van der Waals surface area contributed by atoms with E-state index < -0.39 is 17.9 Å². The Bertz CT molecular complexity index is 380. The molecule has 0 saturated carbocycles. The third kappa shape index (κ3) is 3.29. The van der Waals surface area contributed by atoms with Gasteiger partial charge < -0.3 is 10.4 Å². The number of amides is 1. The van der Waals surface area contributed by atoms with Crippen molar-refractivity contribution in [2.75, 3.05) is 12.4 Å². The van der Waals surface area contributed by atoms with Gasteiger partial charge in [0.15, 0.2) is 6.04 Å². The zero-order valence-electron chi connectivity index (χ0n) is 7.78. The molecule has 0 fully saturated rings. The van der Waals surface area contributed by atoms with Crippen molar-refractivity contribution in [3.63, 3.8) is 0 Å². The number of carbonyl (C=O) groups is 2. The smallest absolute Gasteiger partial charge is 0.330 e. The Labute approximate surface area is 98.6 Å². The fourth-order valence-corrected chi connectivity index (χ4v) is 2.26. The van der Waals surface area contributed by atoms with Crippen molar-refractivity contribution in [3.05, 3.63) is 15.9 Å². The minimum Gasteiger partial charge on any atom is -0.480 e. The van der Waals surface area contributed by atoms with Crippen LogP contribution in [0.5, 0.6) is 0 Å². The second-order valence-electron chi connectivity index (χ2n) is 2.68. The van der Waals surface area contributed by atoms with E-state index in [-0.39, 0.29) is 0 Å². The number of likely N-dealkylation sites (N-methyl/N-ethyl adjacent to an activating group) is 1. The molecule has 0 spiro atoms. The molecule has 1 amide bonds. The Hall–Kier alpha value is -0.920. The average Bonchev–Trinajstić information content (AvgIpc) is 2.51. The van der Waals surface area contributed by atoms with E-state index in [2.05, 4.69) is 26.6 Å². The molecule has 0 radical (unpaired) electrons. The zero-order chi connectivity index (χ0) is 11.4. The van der Waals surface area contributed by atoms with Crippen molar-refractivity contribution in [3.8, 4) is 0 Å². The van der Waals surface area contributed by atoms with Gasteiger partial charge in [0.05, 0.1) is 5.00 Å². The van der Waals surface area contributed by atoms with Gasteiger partial charge in [-0.2, -0.15) is 0 Å². The summed E-state index contributed by atoms with van der Waals surface area (Å²) in [6.45, 7) is 0. The Morgan fingerprint density at radius 1 is 1.60 bits per heavy atom. The first kappa shape index (κ1) is 12.2.